The van der Waals surface area contributed by atoms with Crippen molar-refractivity contribution < 1.29 is 19.1 Å². The molecule has 0 atom stereocenters. The van der Waals surface area contributed by atoms with Gasteiger partial charge in [-0.3, -0.25) is 14.4 Å². The average Bonchev–Trinajstić information content (AvgIpc) is 3.22. The minimum atomic E-state index is -0.391. The van der Waals surface area contributed by atoms with E-state index in [1.807, 2.05) is 18.7 Å². The van der Waals surface area contributed by atoms with Gasteiger partial charge in [0, 0.05) is 32.1 Å². The predicted molar refractivity (Wildman–Crippen MR) is 131 cm³/mol. The molecule has 1 heterocycles. The number of halogens is 1. The molecule has 180 valence electrons. The van der Waals surface area contributed by atoms with Crippen LogP contribution in [0.4, 0.5) is 5.13 Å². The summed E-state index contributed by atoms with van der Waals surface area (Å²) >= 11 is 7.40. The molecule has 0 unspecified atom stereocenters. The third-order valence-electron chi connectivity index (χ3n) is 4.76. The number of carbonyl (C=O) groups is 3. The third kappa shape index (κ3) is 8.42. The lowest BCUT2D eigenvalue weighted by molar-refractivity contribution is -0.130. The van der Waals surface area contributed by atoms with Crippen LogP contribution >= 0.6 is 22.9 Å². The number of hydrogen-bond donors (Lipinski definition) is 1. The van der Waals surface area contributed by atoms with Crippen molar-refractivity contribution in [3.8, 4) is 0 Å². The zero-order chi connectivity index (χ0) is 24.2. The number of hydrogen-bond acceptors (Lipinski definition) is 6. The van der Waals surface area contributed by atoms with E-state index >= 15 is 0 Å². The molecule has 0 aliphatic rings. The summed E-state index contributed by atoms with van der Waals surface area (Å²) in [5.41, 5.74) is 0.933. The van der Waals surface area contributed by atoms with Crippen LogP contribution in [0.1, 0.15) is 42.7 Å². The second kappa shape index (κ2) is 13.9. The Labute approximate surface area is 203 Å². The molecular formula is C23H31ClN4O4S. The SMILES string of the molecule is CCCN(CCC)C(=O)Cc1csc(NC(=O)CN(CCOC)C(=O)c2ccccc2Cl)n1. The molecule has 0 spiro atoms. The number of thiazole rings is 1. The van der Waals surface area contributed by atoms with E-state index < -0.39 is 5.91 Å². The first kappa shape index (κ1) is 26.8. The molecule has 8 nitrogen and oxygen atoms in total. The maximum absolute atomic E-state index is 12.9. The van der Waals surface area contributed by atoms with E-state index in [-0.39, 0.29) is 37.9 Å². The fourth-order valence-electron chi connectivity index (χ4n) is 3.20. The van der Waals surface area contributed by atoms with Gasteiger partial charge in [-0.2, -0.15) is 0 Å². The molecule has 1 N–H and O–H groups in total. The van der Waals surface area contributed by atoms with Crippen molar-refractivity contribution >= 4 is 45.8 Å². The van der Waals surface area contributed by atoms with Crippen LogP contribution in [-0.4, -0.2) is 72.4 Å². The highest BCUT2D eigenvalue weighted by Gasteiger charge is 2.21. The summed E-state index contributed by atoms with van der Waals surface area (Å²) in [7, 11) is 1.53. The Morgan fingerprint density at radius 1 is 1.09 bits per heavy atom. The largest absolute Gasteiger partial charge is 0.383 e. The van der Waals surface area contributed by atoms with Gasteiger partial charge in [-0.1, -0.05) is 37.6 Å². The number of nitrogens with zero attached hydrogens (tertiary/aromatic N) is 3. The summed E-state index contributed by atoms with van der Waals surface area (Å²) in [6.45, 7) is 5.85. The van der Waals surface area contributed by atoms with Crippen LogP contribution in [0, 0.1) is 0 Å². The fourth-order valence-corrected chi connectivity index (χ4v) is 4.15. The molecule has 0 aliphatic heterocycles. The summed E-state index contributed by atoms with van der Waals surface area (Å²) < 4.78 is 5.08. The highest BCUT2D eigenvalue weighted by Crippen LogP contribution is 2.19. The Bertz CT molecular complexity index is 931. The Morgan fingerprint density at radius 2 is 1.79 bits per heavy atom. The van der Waals surface area contributed by atoms with Gasteiger partial charge in [-0.15, -0.1) is 11.3 Å². The number of benzene rings is 1. The van der Waals surface area contributed by atoms with Gasteiger partial charge in [0.25, 0.3) is 5.91 Å². The zero-order valence-electron chi connectivity index (χ0n) is 19.3. The highest BCUT2D eigenvalue weighted by molar-refractivity contribution is 7.13. The summed E-state index contributed by atoms with van der Waals surface area (Å²) in [6, 6.07) is 6.70. The summed E-state index contributed by atoms with van der Waals surface area (Å²) in [4.78, 5) is 45.7. The molecule has 0 bridgehead atoms. The first-order valence-corrected chi connectivity index (χ1v) is 12.2. The molecule has 1 aromatic carbocycles. The quantitative estimate of drug-likeness (QED) is 0.458. The number of carbonyl (C=O) groups excluding carboxylic acids is 3. The van der Waals surface area contributed by atoms with E-state index in [2.05, 4.69) is 10.3 Å². The van der Waals surface area contributed by atoms with Crippen molar-refractivity contribution in [2.45, 2.75) is 33.1 Å². The van der Waals surface area contributed by atoms with E-state index in [4.69, 9.17) is 16.3 Å². The van der Waals surface area contributed by atoms with Crippen LogP contribution < -0.4 is 5.32 Å². The van der Waals surface area contributed by atoms with Gasteiger partial charge in [0.15, 0.2) is 5.13 Å². The minimum Gasteiger partial charge on any atom is -0.383 e. The van der Waals surface area contributed by atoms with Gasteiger partial charge in [-0.25, -0.2) is 4.98 Å². The number of nitrogens with one attached hydrogen (secondary N) is 1. The second-order valence-corrected chi connectivity index (χ2v) is 8.71. The Morgan fingerprint density at radius 3 is 2.42 bits per heavy atom. The number of ether oxygens (including phenoxy) is 1. The van der Waals surface area contributed by atoms with Crippen LogP contribution in [0.3, 0.4) is 0 Å². The molecular weight excluding hydrogens is 464 g/mol. The van der Waals surface area contributed by atoms with E-state index in [1.165, 1.54) is 23.3 Å². The minimum absolute atomic E-state index is 0.0259. The van der Waals surface area contributed by atoms with Crippen molar-refractivity contribution in [2.24, 2.45) is 0 Å². The van der Waals surface area contributed by atoms with Gasteiger partial charge in [0.05, 0.1) is 29.3 Å². The van der Waals surface area contributed by atoms with Crippen molar-refractivity contribution in [1.29, 1.82) is 0 Å². The van der Waals surface area contributed by atoms with Crippen molar-refractivity contribution in [3.63, 3.8) is 0 Å². The first-order chi connectivity index (χ1) is 15.9. The lowest BCUT2D eigenvalue weighted by Gasteiger charge is -2.22. The Balaban J connectivity index is 2.00. The lowest BCUT2D eigenvalue weighted by Crippen LogP contribution is -2.40. The molecule has 0 fully saturated rings. The van der Waals surface area contributed by atoms with Crippen LogP contribution in [-0.2, 0) is 20.7 Å². The molecule has 2 rings (SSSR count). The van der Waals surface area contributed by atoms with Crippen LogP contribution in [0.25, 0.3) is 0 Å². The Kier molecular flexibility index (Phi) is 11.3. The van der Waals surface area contributed by atoms with Gasteiger partial charge in [-0.05, 0) is 25.0 Å². The Hall–Kier alpha value is -2.49. The van der Waals surface area contributed by atoms with Crippen LogP contribution in [0.5, 0.6) is 0 Å². The maximum Gasteiger partial charge on any atom is 0.255 e. The molecule has 0 aliphatic carbocycles. The predicted octanol–water partition coefficient (Wildman–Crippen LogP) is 3.71. The summed E-state index contributed by atoms with van der Waals surface area (Å²) in [5, 5.41) is 5.19. The monoisotopic (exact) mass is 494 g/mol. The molecule has 0 saturated heterocycles. The molecule has 1 aromatic heterocycles. The standard InChI is InChI=1S/C23H31ClN4O4S/c1-4-10-27(11-5-2)21(30)14-17-16-33-23(25-17)26-20(29)15-28(12-13-32-3)22(31)18-8-6-7-9-19(18)24/h6-9,16H,4-5,10-15H2,1-3H3,(H,25,26,29). The van der Waals surface area contributed by atoms with Gasteiger partial charge >= 0.3 is 0 Å². The summed E-state index contributed by atoms with van der Waals surface area (Å²) in [5.74, 6) is -0.722. The summed E-state index contributed by atoms with van der Waals surface area (Å²) in [6.07, 6.45) is 1.99. The molecule has 0 radical (unpaired) electrons. The first-order valence-electron chi connectivity index (χ1n) is 10.9. The number of aromatic nitrogens is 1. The normalized spacial score (nSPS) is 10.7. The lowest BCUT2D eigenvalue weighted by atomic mass is 10.2. The van der Waals surface area contributed by atoms with E-state index in [9.17, 15) is 14.4 Å². The topological polar surface area (TPSA) is 91.8 Å². The zero-order valence-corrected chi connectivity index (χ0v) is 20.9. The molecule has 33 heavy (non-hydrogen) atoms. The molecule has 0 saturated carbocycles. The molecule has 10 heteroatoms. The van der Waals surface area contributed by atoms with Crippen LogP contribution in [0.15, 0.2) is 29.6 Å². The number of rotatable bonds is 13. The average molecular weight is 495 g/mol. The highest BCUT2D eigenvalue weighted by atomic mass is 35.5. The van der Waals surface area contributed by atoms with E-state index in [0.717, 1.165) is 25.9 Å². The van der Waals surface area contributed by atoms with Crippen molar-refractivity contribution in [3.05, 3.63) is 45.9 Å². The maximum atomic E-state index is 12.9. The number of anilines is 1. The molecule has 2 aromatic rings. The molecule has 3 amide bonds. The smallest absolute Gasteiger partial charge is 0.255 e. The second-order valence-electron chi connectivity index (χ2n) is 7.45. The third-order valence-corrected chi connectivity index (χ3v) is 5.90. The van der Waals surface area contributed by atoms with E-state index in [0.29, 0.717) is 21.4 Å². The van der Waals surface area contributed by atoms with Crippen LogP contribution in [0.2, 0.25) is 5.02 Å². The van der Waals surface area contributed by atoms with Gasteiger partial charge < -0.3 is 19.9 Å². The van der Waals surface area contributed by atoms with Crippen molar-refractivity contribution in [1.82, 2.24) is 14.8 Å². The van der Waals surface area contributed by atoms with Gasteiger partial charge in [0.1, 0.15) is 6.54 Å². The fraction of sp³-hybridized carbons (Fsp3) is 0.478. The number of methoxy groups -OCH3 is 1. The van der Waals surface area contributed by atoms with Gasteiger partial charge in [0.2, 0.25) is 11.8 Å². The van der Waals surface area contributed by atoms with Crippen molar-refractivity contribution in [2.75, 3.05) is 45.2 Å². The number of amides is 3. The van der Waals surface area contributed by atoms with E-state index in [1.54, 1.807) is 29.6 Å².